The van der Waals surface area contributed by atoms with Gasteiger partial charge in [0.05, 0.1) is 5.56 Å². The van der Waals surface area contributed by atoms with E-state index in [-0.39, 0.29) is 5.91 Å². The molecule has 1 aliphatic heterocycles. The van der Waals surface area contributed by atoms with Crippen LogP contribution in [0, 0.1) is 13.8 Å². The van der Waals surface area contributed by atoms with E-state index in [0.717, 1.165) is 29.3 Å². The molecule has 0 atom stereocenters. The maximum absolute atomic E-state index is 13.0. The van der Waals surface area contributed by atoms with Gasteiger partial charge in [-0.3, -0.25) is 4.79 Å². The molecule has 0 radical (unpaired) electrons. The first-order valence-electron chi connectivity index (χ1n) is 10.6. The molecule has 168 valence electrons. The van der Waals surface area contributed by atoms with E-state index in [1.165, 1.54) is 6.07 Å². The van der Waals surface area contributed by atoms with Crippen LogP contribution in [0.4, 0.5) is 19.0 Å². The van der Waals surface area contributed by atoms with Gasteiger partial charge in [-0.05, 0) is 68.8 Å². The highest BCUT2D eigenvalue weighted by Crippen LogP contribution is 2.29. The quantitative estimate of drug-likeness (QED) is 0.582. The standard InChI is InChI=1S/C24H25F3N4O/c1-17-4-5-18(2)31(17)21-9-6-19(7-10-21)23(32)30-13-3-12-29(14-15-30)22-11-8-20(16-28-22)24(25,26)27/h4-11,16H,3,12-15H2,1-2H3. The van der Waals surface area contributed by atoms with Crippen molar-refractivity contribution < 1.29 is 18.0 Å². The molecule has 0 aliphatic carbocycles. The van der Waals surface area contributed by atoms with Gasteiger partial charge in [-0.1, -0.05) is 0 Å². The molecule has 0 saturated carbocycles. The fraction of sp³-hybridized carbons (Fsp3) is 0.333. The van der Waals surface area contributed by atoms with Gasteiger partial charge in [0.2, 0.25) is 0 Å². The zero-order chi connectivity index (χ0) is 22.9. The monoisotopic (exact) mass is 442 g/mol. The van der Waals surface area contributed by atoms with Crippen molar-refractivity contribution in [3.05, 3.63) is 77.2 Å². The van der Waals surface area contributed by atoms with Gasteiger partial charge in [0.25, 0.3) is 5.91 Å². The maximum atomic E-state index is 13.0. The van der Waals surface area contributed by atoms with Gasteiger partial charge < -0.3 is 14.4 Å². The summed E-state index contributed by atoms with van der Waals surface area (Å²) in [6.45, 7) is 6.31. The van der Waals surface area contributed by atoms with Crippen molar-refractivity contribution in [3.8, 4) is 5.69 Å². The number of benzene rings is 1. The lowest BCUT2D eigenvalue weighted by Gasteiger charge is -2.23. The second-order valence-electron chi connectivity index (χ2n) is 8.03. The molecule has 5 nitrogen and oxygen atoms in total. The molecule has 8 heteroatoms. The van der Waals surface area contributed by atoms with E-state index in [4.69, 9.17) is 0 Å². The molecule has 1 aliphatic rings. The average molecular weight is 442 g/mol. The third kappa shape index (κ3) is 4.49. The van der Waals surface area contributed by atoms with Crippen molar-refractivity contribution in [1.29, 1.82) is 0 Å². The Bertz CT molecular complexity index is 1070. The number of pyridine rings is 1. The summed E-state index contributed by atoms with van der Waals surface area (Å²) in [7, 11) is 0. The molecular formula is C24H25F3N4O. The van der Waals surface area contributed by atoms with Crippen LogP contribution in [0.15, 0.2) is 54.7 Å². The summed E-state index contributed by atoms with van der Waals surface area (Å²) in [6, 6.07) is 14.1. The molecule has 1 amide bonds. The van der Waals surface area contributed by atoms with E-state index in [1.807, 2.05) is 43.0 Å². The molecular weight excluding hydrogens is 417 g/mol. The van der Waals surface area contributed by atoms with Gasteiger partial charge in [-0.15, -0.1) is 0 Å². The minimum atomic E-state index is -4.40. The maximum Gasteiger partial charge on any atom is 0.417 e. The molecule has 0 N–H and O–H groups in total. The lowest BCUT2D eigenvalue weighted by molar-refractivity contribution is -0.137. The topological polar surface area (TPSA) is 41.4 Å². The number of nitrogens with zero attached hydrogens (tertiary/aromatic N) is 4. The van der Waals surface area contributed by atoms with Crippen molar-refractivity contribution in [1.82, 2.24) is 14.5 Å². The Morgan fingerprint density at radius 1 is 0.875 bits per heavy atom. The van der Waals surface area contributed by atoms with E-state index < -0.39 is 11.7 Å². The van der Waals surface area contributed by atoms with Crippen LogP contribution < -0.4 is 4.90 Å². The van der Waals surface area contributed by atoms with Crippen LogP contribution in [0.25, 0.3) is 5.69 Å². The molecule has 0 spiro atoms. The Kier molecular flexibility index (Phi) is 5.95. The minimum Gasteiger partial charge on any atom is -0.355 e. The minimum absolute atomic E-state index is 0.0419. The lowest BCUT2D eigenvalue weighted by atomic mass is 10.1. The first-order valence-corrected chi connectivity index (χ1v) is 10.6. The number of anilines is 1. The molecule has 1 fully saturated rings. The smallest absolute Gasteiger partial charge is 0.355 e. The Morgan fingerprint density at radius 2 is 1.56 bits per heavy atom. The van der Waals surface area contributed by atoms with Gasteiger partial charge in [0.15, 0.2) is 0 Å². The van der Waals surface area contributed by atoms with Gasteiger partial charge in [0.1, 0.15) is 5.82 Å². The molecule has 1 aromatic carbocycles. The summed E-state index contributed by atoms with van der Waals surface area (Å²) in [5.74, 6) is 0.453. The molecule has 3 heterocycles. The zero-order valence-electron chi connectivity index (χ0n) is 18.1. The summed E-state index contributed by atoms with van der Waals surface area (Å²) in [6.07, 6.45) is -2.82. The van der Waals surface area contributed by atoms with Crippen LogP contribution in [-0.2, 0) is 6.18 Å². The zero-order valence-corrected chi connectivity index (χ0v) is 18.1. The fourth-order valence-corrected chi connectivity index (χ4v) is 4.10. The first kappa shape index (κ1) is 21.9. The molecule has 1 saturated heterocycles. The van der Waals surface area contributed by atoms with Gasteiger partial charge in [-0.25, -0.2) is 4.98 Å². The Balaban J connectivity index is 1.42. The normalized spacial score (nSPS) is 15.0. The van der Waals surface area contributed by atoms with Crippen molar-refractivity contribution >= 4 is 11.7 Å². The van der Waals surface area contributed by atoms with E-state index in [0.29, 0.717) is 44.0 Å². The predicted octanol–water partition coefficient (Wildman–Crippen LogP) is 4.86. The third-order valence-corrected chi connectivity index (χ3v) is 5.83. The van der Waals surface area contributed by atoms with Crippen LogP contribution in [0.1, 0.15) is 33.7 Å². The summed E-state index contributed by atoms with van der Waals surface area (Å²) in [5, 5.41) is 0. The number of amides is 1. The number of hydrogen-bond donors (Lipinski definition) is 0. The van der Waals surface area contributed by atoms with E-state index in [9.17, 15) is 18.0 Å². The number of aromatic nitrogens is 2. The molecule has 0 bridgehead atoms. The Morgan fingerprint density at radius 3 is 2.16 bits per heavy atom. The Hall–Kier alpha value is -3.29. The first-order chi connectivity index (χ1) is 15.2. The van der Waals surface area contributed by atoms with Crippen LogP contribution in [-0.4, -0.2) is 46.5 Å². The highest BCUT2D eigenvalue weighted by Gasteiger charge is 2.31. The van der Waals surface area contributed by atoms with Crippen molar-refractivity contribution in [2.45, 2.75) is 26.4 Å². The number of hydrogen-bond acceptors (Lipinski definition) is 3. The number of rotatable bonds is 3. The summed E-state index contributed by atoms with van der Waals surface area (Å²) < 4.78 is 40.5. The van der Waals surface area contributed by atoms with Gasteiger partial charge in [0, 0.05) is 55.0 Å². The SMILES string of the molecule is Cc1ccc(C)n1-c1ccc(C(=O)N2CCCN(c3ccc(C(F)(F)F)cn3)CC2)cc1. The van der Waals surface area contributed by atoms with E-state index in [2.05, 4.69) is 21.7 Å². The second-order valence-corrected chi connectivity index (χ2v) is 8.03. The average Bonchev–Trinajstić information content (AvgIpc) is 2.97. The highest BCUT2D eigenvalue weighted by atomic mass is 19.4. The molecule has 2 aromatic heterocycles. The molecule has 3 aromatic rings. The highest BCUT2D eigenvalue weighted by molar-refractivity contribution is 5.94. The largest absolute Gasteiger partial charge is 0.417 e. The predicted molar refractivity (Wildman–Crippen MR) is 117 cm³/mol. The van der Waals surface area contributed by atoms with Crippen LogP contribution in [0.5, 0.6) is 0 Å². The van der Waals surface area contributed by atoms with E-state index >= 15 is 0 Å². The van der Waals surface area contributed by atoms with E-state index in [1.54, 1.807) is 4.90 Å². The number of aryl methyl sites for hydroxylation is 2. The molecule has 0 unspecified atom stereocenters. The fourth-order valence-electron chi connectivity index (χ4n) is 4.10. The number of carbonyl (C=O) groups is 1. The Labute approximate surface area is 185 Å². The summed E-state index contributed by atoms with van der Waals surface area (Å²) in [4.78, 5) is 20.8. The van der Waals surface area contributed by atoms with Crippen LogP contribution in [0.2, 0.25) is 0 Å². The number of halogens is 3. The second kappa shape index (κ2) is 8.68. The van der Waals surface area contributed by atoms with Gasteiger partial charge >= 0.3 is 6.18 Å². The van der Waals surface area contributed by atoms with Gasteiger partial charge in [-0.2, -0.15) is 13.2 Å². The van der Waals surface area contributed by atoms with Crippen molar-refractivity contribution in [2.75, 3.05) is 31.1 Å². The lowest BCUT2D eigenvalue weighted by Crippen LogP contribution is -2.35. The molecule has 4 rings (SSSR count). The van der Waals surface area contributed by atoms with Crippen molar-refractivity contribution in [2.24, 2.45) is 0 Å². The van der Waals surface area contributed by atoms with Crippen LogP contribution in [0.3, 0.4) is 0 Å². The summed E-state index contributed by atoms with van der Waals surface area (Å²) >= 11 is 0. The number of alkyl halides is 3. The summed E-state index contributed by atoms with van der Waals surface area (Å²) in [5.41, 5.74) is 3.13. The van der Waals surface area contributed by atoms with Crippen LogP contribution >= 0.6 is 0 Å². The number of carbonyl (C=O) groups excluding carboxylic acids is 1. The molecule has 32 heavy (non-hydrogen) atoms. The third-order valence-electron chi connectivity index (χ3n) is 5.83. The van der Waals surface area contributed by atoms with Crippen molar-refractivity contribution in [3.63, 3.8) is 0 Å².